The number of phenolic OH excluding ortho intramolecular Hbond substituents is 2. The van der Waals surface area contributed by atoms with Crippen molar-refractivity contribution in [1.29, 1.82) is 0 Å². The van der Waals surface area contributed by atoms with E-state index in [1.807, 2.05) is 36.4 Å². The number of phenols is 2. The molecule has 0 fully saturated rings. The van der Waals surface area contributed by atoms with Gasteiger partial charge in [0.2, 0.25) is 0 Å². The first-order chi connectivity index (χ1) is 18.5. The molecule has 2 aliphatic rings. The lowest BCUT2D eigenvalue weighted by Crippen LogP contribution is -2.10. The van der Waals surface area contributed by atoms with Crippen LogP contribution in [0.3, 0.4) is 0 Å². The fourth-order valence-corrected chi connectivity index (χ4v) is 6.67. The number of rotatable bonds is 6. The highest BCUT2D eigenvalue weighted by Gasteiger charge is 2.54. The van der Waals surface area contributed by atoms with Gasteiger partial charge in [0.15, 0.2) is 0 Å². The Kier molecular flexibility index (Phi) is 5.83. The number of hydrogen-bond donors (Lipinski definition) is 2. The molecule has 0 amide bonds. The Morgan fingerprint density at radius 1 is 0.500 bits per heavy atom. The molecule has 0 aliphatic heterocycles. The quantitative estimate of drug-likeness (QED) is 0.317. The lowest BCUT2D eigenvalue weighted by molar-refractivity contribution is 0.388. The molecule has 4 aromatic rings. The SMILES string of the molecule is COc1cc(OC)c2c(c1)C1C(c3ccc(O)cc3)c3c(OC)cc(OC)cc3C1C2c1ccc(O)cc1. The summed E-state index contributed by atoms with van der Waals surface area (Å²) in [5, 5.41) is 20.1. The van der Waals surface area contributed by atoms with Crippen molar-refractivity contribution in [2.24, 2.45) is 0 Å². The van der Waals surface area contributed by atoms with Crippen molar-refractivity contribution in [2.75, 3.05) is 28.4 Å². The van der Waals surface area contributed by atoms with Crippen LogP contribution < -0.4 is 18.9 Å². The van der Waals surface area contributed by atoms with Crippen molar-refractivity contribution in [2.45, 2.75) is 23.7 Å². The Morgan fingerprint density at radius 2 is 0.868 bits per heavy atom. The lowest BCUT2D eigenvalue weighted by Gasteiger charge is -2.23. The Balaban J connectivity index is 1.69. The molecule has 0 aromatic heterocycles. The number of fused-ring (bicyclic) bond motifs is 5. The molecule has 0 spiro atoms. The molecule has 2 N–H and O–H groups in total. The maximum Gasteiger partial charge on any atom is 0.126 e. The minimum absolute atomic E-state index is 0.0355. The van der Waals surface area contributed by atoms with E-state index in [9.17, 15) is 10.2 Å². The fraction of sp³-hybridized carbons (Fsp3) is 0.250. The predicted molar refractivity (Wildman–Crippen MR) is 144 cm³/mol. The monoisotopic (exact) mass is 510 g/mol. The van der Waals surface area contributed by atoms with Gasteiger partial charge >= 0.3 is 0 Å². The third-order valence-corrected chi connectivity index (χ3v) is 8.16. The Bertz CT molecular complexity index is 1380. The van der Waals surface area contributed by atoms with Crippen LogP contribution in [-0.2, 0) is 0 Å². The summed E-state index contributed by atoms with van der Waals surface area (Å²) in [6, 6.07) is 23.0. The van der Waals surface area contributed by atoms with E-state index in [1.165, 1.54) is 0 Å². The highest BCUT2D eigenvalue weighted by Crippen LogP contribution is 2.69. The summed E-state index contributed by atoms with van der Waals surface area (Å²) in [7, 11) is 6.71. The van der Waals surface area contributed by atoms with Gasteiger partial charge in [0.25, 0.3) is 0 Å². The molecular weight excluding hydrogens is 480 g/mol. The molecule has 4 atom stereocenters. The minimum Gasteiger partial charge on any atom is -0.508 e. The molecule has 2 aliphatic carbocycles. The first kappa shape index (κ1) is 24.0. The molecule has 6 nitrogen and oxygen atoms in total. The van der Waals surface area contributed by atoms with Gasteiger partial charge in [0, 0.05) is 46.9 Å². The molecule has 0 saturated carbocycles. The topological polar surface area (TPSA) is 77.4 Å². The van der Waals surface area contributed by atoms with E-state index in [4.69, 9.17) is 18.9 Å². The van der Waals surface area contributed by atoms with E-state index in [0.717, 1.165) is 56.4 Å². The van der Waals surface area contributed by atoms with Crippen LogP contribution in [0.4, 0.5) is 0 Å². The van der Waals surface area contributed by atoms with E-state index in [-0.39, 0.29) is 35.2 Å². The zero-order valence-electron chi connectivity index (χ0n) is 21.8. The molecule has 0 saturated heterocycles. The van der Waals surface area contributed by atoms with Gasteiger partial charge < -0.3 is 29.2 Å². The van der Waals surface area contributed by atoms with E-state index < -0.39 is 0 Å². The van der Waals surface area contributed by atoms with Gasteiger partial charge in [-0.05, 0) is 58.7 Å². The second-order valence-electron chi connectivity index (χ2n) is 9.86. The second-order valence-corrected chi connectivity index (χ2v) is 9.86. The molecule has 6 rings (SSSR count). The van der Waals surface area contributed by atoms with Gasteiger partial charge in [0.05, 0.1) is 28.4 Å². The van der Waals surface area contributed by atoms with E-state index >= 15 is 0 Å². The summed E-state index contributed by atoms with van der Waals surface area (Å²) < 4.78 is 23.3. The maximum absolute atomic E-state index is 10.1. The summed E-state index contributed by atoms with van der Waals surface area (Å²) in [4.78, 5) is 0. The highest BCUT2D eigenvalue weighted by atomic mass is 16.5. The zero-order valence-corrected chi connectivity index (χ0v) is 21.8. The van der Waals surface area contributed by atoms with Crippen molar-refractivity contribution in [3.8, 4) is 34.5 Å². The zero-order chi connectivity index (χ0) is 26.6. The molecule has 0 radical (unpaired) electrons. The van der Waals surface area contributed by atoms with Crippen LogP contribution in [0.1, 0.15) is 57.1 Å². The summed E-state index contributed by atoms with van der Waals surface area (Å²) in [5.41, 5.74) is 6.70. The van der Waals surface area contributed by atoms with Crippen molar-refractivity contribution in [3.05, 3.63) is 106 Å². The summed E-state index contributed by atoms with van der Waals surface area (Å²) in [6.45, 7) is 0. The van der Waals surface area contributed by atoms with Gasteiger partial charge in [-0.15, -0.1) is 0 Å². The van der Waals surface area contributed by atoms with Crippen molar-refractivity contribution in [3.63, 3.8) is 0 Å². The molecule has 0 bridgehead atoms. The third kappa shape index (κ3) is 3.55. The van der Waals surface area contributed by atoms with Gasteiger partial charge in [0.1, 0.15) is 34.5 Å². The van der Waals surface area contributed by atoms with Gasteiger partial charge in [-0.2, -0.15) is 0 Å². The third-order valence-electron chi connectivity index (χ3n) is 8.16. The molecular formula is C32H30O6. The summed E-state index contributed by atoms with van der Waals surface area (Å²) >= 11 is 0. The van der Waals surface area contributed by atoms with Gasteiger partial charge in [-0.25, -0.2) is 0 Å². The number of benzene rings is 4. The number of hydrogen-bond acceptors (Lipinski definition) is 6. The Morgan fingerprint density at radius 3 is 1.18 bits per heavy atom. The standard InChI is InChI=1S/C32H30O6/c1-35-21-13-23-29(25(15-21)37-3)27(17-5-9-19(33)10-6-17)32-24-14-22(36-2)16-26(38-4)30(24)28(31(23)32)18-7-11-20(34)12-8-18/h5-16,27-28,31-34H,1-4H3. The van der Waals surface area contributed by atoms with E-state index in [2.05, 4.69) is 12.1 Å². The van der Waals surface area contributed by atoms with E-state index in [0.29, 0.717) is 0 Å². The Hall–Kier alpha value is -4.32. The second kappa shape index (κ2) is 9.21. The van der Waals surface area contributed by atoms with Crippen molar-refractivity contribution >= 4 is 0 Å². The van der Waals surface area contributed by atoms with E-state index in [1.54, 1.807) is 52.7 Å². The lowest BCUT2D eigenvalue weighted by atomic mass is 9.79. The normalized spacial score (nSPS) is 20.8. The maximum atomic E-state index is 10.1. The largest absolute Gasteiger partial charge is 0.508 e. The fourth-order valence-electron chi connectivity index (χ4n) is 6.67. The average Bonchev–Trinajstić information content (AvgIpc) is 3.46. The molecule has 194 valence electrons. The van der Waals surface area contributed by atoms with Crippen LogP contribution in [-0.4, -0.2) is 38.7 Å². The van der Waals surface area contributed by atoms with Crippen LogP contribution in [0.2, 0.25) is 0 Å². The smallest absolute Gasteiger partial charge is 0.126 e. The molecule has 38 heavy (non-hydrogen) atoms. The molecule has 4 aromatic carbocycles. The van der Waals surface area contributed by atoms with Crippen molar-refractivity contribution < 1.29 is 29.2 Å². The molecule has 0 heterocycles. The van der Waals surface area contributed by atoms with Gasteiger partial charge in [-0.3, -0.25) is 0 Å². The minimum atomic E-state index is -0.0471. The van der Waals surface area contributed by atoms with Crippen LogP contribution in [0.15, 0.2) is 72.8 Å². The highest BCUT2D eigenvalue weighted by molar-refractivity contribution is 5.68. The number of aromatic hydroxyl groups is 2. The van der Waals surface area contributed by atoms with Crippen LogP contribution >= 0.6 is 0 Å². The van der Waals surface area contributed by atoms with Crippen LogP contribution in [0, 0.1) is 0 Å². The average molecular weight is 511 g/mol. The summed E-state index contributed by atoms with van der Waals surface area (Å²) in [6.07, 6.45) is 0. The van der Waals surface area contributed by atoms with Crippen LogP contribution in [0.25, 0.3) is 0 Å². The number of methoxy groups -OCH3 is 4. The van der Waals surface area contributed by atoms with Crippen molar-refractivity contribution in [1.82, 2.24) is 0 Å². The predicted octanol–water partition coefficient (Wildman–Crippen LogP) is 6.29. The number of ether oxygens (including phenoxy) is 4. The Labute approximate surface area is 222 Å². The first-order valence-corrected chi connectivity index (χ1v) is 12.6. The van der Waals surface area contributed by atoms with Gasteiger partial charge in [-0.1, -0.05) is 24.3 Å². The molecule has 6 heteroatoms. The summed E-state index contributed by atoms with van der Waals surface area (Å²) in [5.74, 6) is 3.43. The molecule has 4 unspecified atom stereocenters. The van der Waals surface area contributed by atoms with Crippen LogP contribution in [0.5, 0.6) is 34.5 Å². The first-order valence-electron chi connectivity index (χ1n) is 12.6.